The highest BCUT2D eigenvalue weighted by atomic mass is 15.0. The number of para-hydroxylation sites is 1. The maximum Gasteiger partial charge on any atom is 0.0537 e. The van der Waals surface area contributed by atoms with Gasteiger partial charge in [0.15, 0.2) is 0 Å². The van der Waals surface area contributed by atoms with Gasteiger partial charge in [-0.2, -0.15) is 0 Å². The summed E-state index contributed by atoms with van der Waals surface area (Å²) in [5.41, 5.74) is 17.7. The molecule has 1 heterocycles. The van der Waals surface area contributed by atoms with Gasteiger partial charge in [-0.25, -0.2) is 0 Å². The summed E-state index contributed by atoms with van der Waals surface area (Å²) in [6.45, 7) is 11.2. The summed E-state index contributed by atoms with van der Waals surface area (Å²) in [6.07, 6.45) is 28.0. The molecule has 1 nitrogen and oxygen atoms in total. The molecule has 248 valence electrons. The lowest BCUT2D eigenvalue weighted by Crippen LogP contribution is -2.00. The first kappa shape index (κ1) is 32.3. The molecular weight excluding hydrogens is 615 g/mol. The third-order valence-electron chi connectivity index (χ3n) is 10.6. The zero-order chi connectivity index (χ0) is 34.9. The van der Waals surface area contributed by atoms with E-state index in [1.165, 1.54) is 72.3 Å². The SMILES string of the molecule is C=C(/C=C\C(=C/C)n1c2c(c3ccccc31)C1C=CC=CC(=C1)C=C2)C(C)/C=C(\C=C(/C)c1ccc2c(c1)-c1ccccc1C2)c1ccccc1. The monoisotopic (exact) mass is 657 g/mol. The molecule has 0 amide bonds. The van der Waals surface area contributed by atoms with Crippen molar-refractivity contribution in [3.63, 3.8) is 0 Å². The van der Waals surface area contributed by atoms with Gasteiger partial charge >= 0.3 is 0 Å². The average molecular weight is 658 g/mol. The van der Waals surface area contributed by atoms with E-state index in [0.717, 1.165) is 17.7 Å². The van der Waals surface area contributed by atoms with Crippen LogP contribution in [0, 0.1) is 5.92 Å². The number of hydrogen-bond donors (Lipinski definition) is 0. The number of aromatic nitrogens is 1. The minimum atomic E-state index is 0.120. The van der Waals surface area contributed by atoms with E-state index >= 15 is 0 Å². The topological polar surface area (TPSA) is 4.93 Å². The minimum Gasteiger partial charge on any atom is -0.310 e. The Bertz CT molecular complexity index is 2430. The lowest BCUT2D eigenvalue weighted by molar-refractivity contribution is 0.898. The number of hydrogen-bond acceptors (Lipinski definition) is 0. The average Bonchev–Trinajstić information content (AvgIpc) is 3.51. The van der Waals surface area contributed by atoms with Crippen LogP contribution >= 0.6 is 0 Å². The maximum absolute atomic E-state index is 4.58. The molecule has 1 heteroatoms. The summed E-state index contributed by atoms with van der Waals surface area (Å²) >= 11 is 0. The molecule has 1 aromatic heterocycles. The highest BCUT2D eigenvalue weighted by Crippen LogP contribution is 2.41. The Labute approximate surface area is 302 Å². The van der Waals surface area contributed by atoms with Crippen LogP contribution in [0.15, 0.2) is 182 Å². The molecule has 0 N–H and O–H groups in total. The molecule has 0 radical (unpaired) electrons. The van der Waals surface area contributed by atoms with E-state index in [9.17, 15) is 0 Å². The van der Waals surface area contributed by atoms with E-state index in [2.05, 4.69) is 202 Å². The van der Waals surface area contributed by atoms with Gasteiger partial charge in [0.05, 0.1) is 11.2 Å². The fourth-order valence-corrected chi connectivity index (χ4v) is 7.78. The van der Waals surface area contributed by atoms with E-state index in [1.807, 2.05) is 0 Å². The van der Waals surface area contributed by atoms with Crippen molar-refractivity contribution in [3.8, 4) is 11.1 Å². The van der Waals surface area contributed by atoms with Crippen LogP contribution in [-0.2, 0) is 6.42 Å². The van der Waals surface area contributed by atoms with Crippen molar-refractivity contribution in [2.24, 2.45) is 5.92 Å². The smallest absolute Gasteiger partial charge is 0.0537 e. The molecule has 0 saturated heterocycles. The molecule has 0 saturated carbocycles. The molecule has 0 spiro atoms. The number of fused-ring (bicyclic) bond motifs is 8. The van der Waals surface area contributed by atoms with Crippen molar-refractivity contribution in [1.29, 1.82) is 0 Å². The lowest BCUT2D eigenvalue weighted by Gasteiger charge is -2.14. The predicted molar refractivity (Wildman–Crippen MR) is 220 cm³/mol. The van der Waals surface area contributed by atoms with Crippen LogP contribution < -0.4 is 0 Å². The summed E-state index contributed by atoms with van der Waals surface area (Å²) in [5, 5.41) is 1.29. The van der Waals surface area contributed by atoms with Gasteiger partial charge in [0, 0.05) is 17.0 Å². The van der Waals surface area contributed by atoms with Crippen LogP contribution in [-0.4, -0.2) is 4.57 Å². The Hall–Kier alpha value is -5.92. The van der Waals surface area contributed by atoms with Crippen molar-refractivity contribution in [3.05, 3.63) is 215 Å². The maximum atomic E-state index is 4.58. The van der Waals surface area contributed by atoms with E-state index in [0.29, 0.717) is 0 Å². The van der Waals surface area contributed by atoms with Crippen LogP contribution in [0.25, 0.3) is 44.9 Å². The third kappa shape index (κ3) is 6.21. The van der Waals surface area contributed by atoms with E-state index in [1.54, 1.807) is 0 Å². The Balaban J connectivity index is 1.11. The van der Waals surface area contributed by atoms with Crippen molar-refractivity contribution < 1.29 is 0 Å². The van der Waals surface area contributed by atoms with Gasteiger partial charge in [0.1, 0.15) is 0 Å². The molecule has 2 bridgehead atoms. The second-order valence-electron chi connectivity index (χ2n) is 13.9. The summed E-state index contributed by atoms with van der Waals surface area (Å²) in [6, 6.07) is 35.3. The summed E-state index contributed by atoms with van der Waals surface area (Å²) in [4.78, 5) is 0. The van der Waals surface area contributed by atoms with Crippen molar-refractivity contribution in [2.45, 2.75) is 33.1 Å². The van der Waals surface area contributed by atoms with Gasteiger partial charge in [-0.1, -0.05) is 159 Å². The van der Waals surface area contributed by atoms with E-state index < -0.39 is 0 Å². The van der Waals surface area contributed by atoms with Crippen LogP contribution in [0.1, 0.15) is 60.2 Å². The van der Waals surface area contributed by atoms with E-state index in [-0.39, 0.29) is 11.8 Å². The summed E-state index contributed by atoms with van der Waals surface area (Å²) in [5.74, 6) is 0.337. The molecule has 8 rings (SSSR count). The standard InChI is InChI=1S/C50H43N/c1-5-44(51-48-22-14-13-21-46(48)50-42-19-10-9-15-37(31-42)24-28-49(50)51)27-23-34(2)35(3)29-43(38-16-7-6-8-17-38)30-36(4)39-25-26-41-32-40-18-11-12-20-45(40)47(41)33-39/h5-31,33,35,42H,2,32H2,1,3-4H3/b27-23-,36-30+,43-29+,44-5+. The highest BCUT2D eigenvalue weighted by molar-refractivity contribution is 5.94. The Morgan fingerprint density at radius 2 is 1.59 bits per heavy atom. The van der Waals surface area contributed by atoms with Crippen LogP contribution in [0.3, 0.4) is 0 Å². The number of rotatable bonds is 8. The molecule has 5 aromatic rings. The Kier molecular flexibility index (Phi) is 8.72. The molecule has 0 fully saturated rings. The Morgan fingerprint density at radius 1 is 0.804 bits per heavy atom. The number of benzene rings is 4. The first-order valence-electron chi connectivity index (χ1n) is 18.1. The minimum absolute atomic E-state index is 0.120. The largest absolute Gasteiger partial charge is 0.310 e. The van der Waals surface area contributed by atoms with E-state index in [4.69, 9.17) is 0 Å². The lowest BCUT2D eigenvalue weighted by atomic mass is 9.92. The first-order chi connectivity index (χ1) is 25.0. The van der Waals surface area contributed by atoms with Gasteiger partial charge in [-0.15, -0.1) is 0 Å². The van der Waals surface area contributed by atoms with Gasteiger partial charge in [-0.05, 0) is 112 Å². The van der Waals surface area contributed by atoms with Gasteiger partial charge in [-0.3, -0.25) is 0 Å². The molecule has 2 atom stereocenters. The molecule has 51 heavy (non-hydrogen) atoms. The zero-order valence-corrected chi connectivity index (χ0v) is 29.7. The molecular formula is C50H43N. The van der Waals surface area contributed by atoms with Crippen LogP contribution in [0.5, 0.6) is 0 Å². The molecule has 4 aromatic carbocycles. The van der Waals surface area contributed by atoms with Gasteiger partial charge < -0.3 is 4.57 Å². The van der Waals surface area contributed by atoms with Crippen molar-refractivity contribution in [1.82, 2.24) is 4.57 Å². The Morgan fingerprint density at radius 3 is 2.45 bits per heavy atom. The molecule has 3 aliphatic carbocycles. The third-order valence-corrected chi connectivity index (χ3v) is 10.6. The predicted octanol–water partition coefficient (Wildman–Crippen LogP) is 13.2. The van der Waals surface area contributed by atoms with Gasteiger partial charge in [0.2, 0.25) is 0 Å². The zero-order valence-electron chi connectivity index (χ0n) is 29.7. The molecule has 2 unspecified atom stereocenters. The van der Waals surface area contributed by atoms with Crippen molar-refractivity contribution >= 4 is 33.8 Å². The second-order valence-corrected chi connectivity index (χ2v) is 13.9. The molecule has 3 aliphatic rings. The van der Waals surface area contributed by atoms with Crippen LogP contribution in [0.4, 0.5) is 0 Å². The normalized spacial score (nSPS) is 17.2. The molecule has 0 aliphatic heterocycles. The first-order valence-corrected chi connectivity index (χ1v) is 18.1. The highest BCUT2D eigenvalue weighted by Gasteiger charge is 2.23. The van der Waals surface area contributed by atoms with Crippen molar-refractivity contribution in [2.75, 3.05) is 0 Å². The van der Waals surface area contributed by atoms with Gasteiger partial charge in [0.25, 0.3) is 0 Å². The number of nitrogens with zero attached hydrogens (tertiary/aromatic N) is 1. The number of allylic oxidation sites excluding steroid dienone is 16. The summed E-state index contributed by atoms with van der Waals surface area (Å²) < 4.78 is 2.41. The summed E-state index contributed by atoms with van der Waals surface area (Å²) in [7, 11) is 0. The quantitative estimate of drug-likeness (QED) is 0.144. The fraction of sp³-hybridized carbons (Fsp3) is 0.120. The second kappa shape index (κ2) is 13.8. The van der Waals surface area contributed by atoms with Crippen LogP contribution in [0.2, 0.25) is 0 Å². The fourth-order valence-electron chi connectivity index (χ4n) is 7.78.